The van der Waals surface area contributed by atoms with Gasteiger partial charge in [-0.2, -0.15) is 15.5 Å². The van der Waals surface area contributed by atoms with E-state index < -0.39 is 0 Å². The van der Waals surface area contributed by atoms with Gasteiger partial charge in [-0.05, 0) is 58.2 Å². The van der Waals surface area contributed by atoms with Crippen molar-refractivity contribution in [1.82, 2.24) is 24.3 Å². The second kappa shape index (κ2) is 11.5. The molecule has 2 unspecified atom stereocenters. The van der Waals surface area contributed by atoms with Crippen molar-refractivity contribution in [2.24, 2.45) is 4.99 Å². The topological polar surface area (TPSA) is 93.0 Å². The number of nitrogens with zero attached hydrogens (tertiary/aromatic N) is 7. The lowest BCUT2D eigenvalue weighted by Crippen LogP contribution is -2.49. The molecular weight excluding hydrogens is 478 g/mol. The molecule has 2 aliphatic heterocycles. The molecule has 0 bridgehead atoms. The van der Waals surface area contributed by atoms with Crippen molar-refractivity contribution in [3.05, 3.63) is 48.1 Å². The maximum atomic E-state index is 9.71. The molecule has 0 spiro atoms. The summed E-state index contributed by atoms with van der Waals surface area (Å²) < 4.78 is 15.8. The van der Waals surface area contributed by atoms with Gasteiger partial charge in [0.2, 0.25) is 0 Å². The van der Waals surface area contributed by atoms with Crippen molar-refractivity contribution >= 4 is 11.2 Å². The fraction of sp³-hybridized carbons (Fsp3) is 0.517. The normalized spacial score (nSPS) is 20.4. The number of aliphatic imine (C=N–C) groups is 1. The Bertz CT molecular complexity index is 1380. The highest BCUT2D eigenvalue weighted by Gasteiger charge is 2.29. The Hall–Kier alpha value is -3.48. The molecule has 200 valence electrons. The van der Waals surface area contributed by atoms with Crippen LogP contribution in [0.3, 0.4) is 0 Å². The van der Waals surface area contributed by atoms with Crippen molar-refractivity contribution in [2.45, 2.75) is 64.6 Å². The molecule has 2 fully saturated rings. The Morgan fingerprint density at radius 1 is 1.26 bits per heavy atom. The zero-order chi connectivity index (χ0) is 26.6. The molecule has 2 atom stereocenters. The van der Waals surface area contributed by atoms with E-state index in [1.165, 1.54) is 0 Å². The quantitative estimate of drug-likeness (QED) is 0.407. The lowest BCUT2D eigenvalue weighted by atomic mass is 10.1. The largest absolute Gasteiger partial charge is 0.482 e. The fourth-order valence-corrected chi connectivity index (χ4v) is 5.50. The summed E-state index contributed by atoms with van der Waals surface area (Å²) in [7, 11) is 1.77. The summed E-state index contributed by atoms with van der Waals surface area (Å²) in [6.07, 6.45) is 13.5. The van der Waals surface area contributed by atoms with E-state index >= 15 is 0 Å². The average molecular weight is 516 g/mol. The smallest absolute Gasteiger partial charge is 0.148 e. The summed E-state index contributed by atoms with van der Waals surface area (Å²) in [4.78, 5) is 6.99. The van der Waals surface area contributed by atoms with Gasteiger partial charge in [-0.1, -0.05) is 13.0 Å². The molecule has 2 saturated heterocycles. The molecule has 0 aromatic carbocycles. The molecule has 3 aromatic rings. The zero-order valence-corrected chi connectivity index (χ0v) is 22.8. The van der Waals surface area contributed by atoms with Gasteiger partial charge in [-0.15, -0.1) is 0 Å². The first-order valence-electron chi connectivity index (χ1n) is 13.6. The van der Waals surface area contributed by atoms with E-state index in [1.54, 1.807) is 17.8 Å². The standard InChI is InChI=1S/C29H37N7O2/c1-5-6-9-27(31-4)21(3)38-28-13-22(17-35-29(28)23(14-30)15-32-35)26-16-33-36(20(26)2)24-8-7-11-34(12-10-24)25-18-37-19-25/h6,9,13,15-17,21,24-25H,5,7-8,10-12,18-19H2,1-4H3/b9-6-,31-27?. The number of likely N-dealkylation sites (tertiary alicyclic amines) is 1. The van der Waals surface area contributed by atoms with Gasteiger partial charge in [0.05, 0.1) is 43.4 Å². The van der Waals surface area contributed by atoms with Crippen LogP contribution in [-0.2, 0) is 4.74 Å². The van der Waals surface area contributed by atoms with Crippen molar-refractivity contribution in [1.29, 1.82) is 5.26 Å². The predicted octanol–water partition coefficient (Wildman–Crippen LogP) is 4.61. The molecular formula is C29H37N7O2. The molecule has 9 nitrogen and oxygen atoms in total. The molecule has 0 radical (unpaired) electrons. The minimum absolute atomic E-state index is 0.290. The van der Waals surface area contributed by atoms with Gasteiger partial charge in [0, 0.05) is 36.6 Å². The molecule has 0 saturated carbocycles. The molecule has 3 aromatic heterocycles. The minimum atomic E-state index is -0.290. The van der Waals surface area contributed by atoms with Crippen LogP contribution in [0.1, 0.15) is 56.8 Å². The summed E-state index contributed by atoms with van der Waals surface area (Å²) in [5.74, 6) is 0.607. The van der Waals surface area contributed by atoms with Crippen molar-refractivity contribution in [2.75, 3.05) is 33.4 Å². The minimum Gasteiger partial charge on any atom is -0.482 e. The van der Waals surface area contributed by atoms with Crippen LogP contribution in [0.4, 0.5) is 0 Å². The van der Waals surface area contributed by atoms with Gasteiger partial charge >= 0.3 is 0 Å². The van der Waals surface area contributed by atoms with Crippen molar-refractivity contribution < 1.29 is 9.47 Å². The second-order valence-corrected chi connectivity index (χ2v) is 10.2. The van der Waals surface area contributed by atoms with Crippen LogP contribution < -0.4 is 4.74 Å². The number of aromatic nitrogens is 4. The maximum Gasteiger partial charge on any atom is 0.148 e. The molecule has 38 heavy (non-hydrogen) atoms. The molecule has 9 heteroatoms. The number of allylic oxidation sites excluding steroid dienone is 1. The van der Waals surface area contributed by atoms with Gasteiger partial charge in [0.1, 0.15) is 29.0 Å². The molecule has 0 aliphatic carbocycles. The molecule has 5 rings (SSSR count). The van der Waals surface area contributed by atoms with E-state index in [1.807, 2.05) is 31.5 Å². The Kier molecular flexibility index (Phi) is 7.91. The van der Waals surface area contributed by atoms with Crippen LogP contribution in [-0.4, -0.2) is 75.5 Å². The monoisotopic (exact) mass is 515 g/mol. The van der Waals surface area contributed by atoms with Crippen LogP contribution in [0.15, 0.2) is 41.8 Å². The van der Waals surface area contributed by atoms with Crippen molar-refractivity contribution in [3.63, 3.8) is 0 Å². The van der Waals surface area contributed by atoms with Crippen LogP contribution in [0, 0.1) is 18.3 Å². The Labute approximate surface area is 224 Å². The fourth-order valence-electron chi connectivity index (χ4n) is 5.50. The Balaban J connectivity index is 1.45. The van der Waals surface area contributed by atoms with Gasteiger partial charge < -0.3 is 9.47 Å². The van der Waals surface area contributed by atoms with Crippen LogP contribution in [0.2, 0.25) is 0 Å². The van der Waals surface area contributed by atoms with Gasteiger partial charge in [0.15, 0.2) is 0 Å². The van der Waals surface area contributed by atoms with E-state index in [0.717, 1.165) is 74.5 Å². The second-order valence-electron chi connectivity index (χ2n) is 10.2. The molecule has 0 amide bonds. The summed E-state index contributed by atoms with van der Waals surface area (Å²) in [6.45, 7) is 10.1. The highest BCUT2D eigenvalue weighted by Crippen LogP contribution is 2.34. The van der Waals surface area contributed by atoms with Crippen LogP contribution in [0.25, 0.3) is 16.6 Å². The van der Waals surface area contributed by atoms with E-state index in [2.05, 4.69) is 45.7 Å². The summed E-state index contributed by atoms with van der Waals surface area (Å²) in [5.41, 5.74) is 5.10. The average Bonchev–Trinajstić information content (AvgIpc) is 3.40. The van der Waals surface area contributed by atoms with E-state index in [-0.39, 0.29) is 6.10 Å². The molecule has 2 aliphatic rings. The number of hydrogen-bond donors (Lipinski definition) is 0. The van der Waals surface area contributed by atoms with Crippen LogP contribution in [0.5, 0.6) is 5.75 Å². The first-order valence-corrected chi connectivity index (χ1v) is 13.6. The number of hydrogen-bond acceptors (Lipinski definition) is 7. The number of ether oxygens (including phenoxy) is 2. The highest BCUT2D eigenvalue weighted by molar-refractivity contribution is 5.98. The third kappa shape index (κ3) is 5.11. The first-order chi connectivity index (χ1) is 18.5. The highest BCUT2D eigenvalue weighted by atomic mass is 16.5. The molecule has 5 heterocycles. The number of fused-ring (bicyclic) bond motifs is 1. The summed E-state index contributed by atoms with van der Waals surface area (Å²) >= 11 is 0. The third-order valence-electron chi connectivity index (χ3n) is 7.77. The lowest BCUT2D eigenvalue weighted by Gasteiger charge is -2.36. The number of nitriles is 1. The maximum absolute atomic E-state index is 9.71. The third-order valence-corrected chi connectivity index (χ3v) is 7.77. The van der Waals surface area contributed by atoms with E-state index in [4.69, 9.17) is 14.6 Å². The van der Waals surface area contributed by atoms with Gasteiger partial charge in [-0.3, -0.25) is 14.6 Å². The predicted molar refractivity (Wildman–Crippen MR) is 148 cm³/mol. The van der Waals surface area contributed by atoms with E-state index in [0.29, 0.717) is 28.9 Å². The van der Waals surface area contributed by atoms with Crippen molar-refractivity contribution in [3.8, 4) is 22.9 Å². The van der Waals surface area contributed by atoms with E-state index in [9.17, 15) is 5.26 Å². The SMILES string of the molecule is CC/C=C\C(=NC)C(C)Oc1cc(-c2cnn(C3CCCN(C4COC4)CC3)c2C)cn2ncc(C#N)c12. The van der Waals surface area contributed by atoms with Crippen LogP contribution >= 0.6 is 0 Å². The lowest BCUT2D eigenvalue weighted by molar-refractivity contribution is -0.0639. The summed E-state index contributed by atoms with van der Waals surface area (Å²) in [6, 6.07) is 5.21. The summed E-state index contributed by atoms with van der Waals surface area (Å²) in [5, 5.41) is 19.0. The first kappa shape index (κ1) is 26.1. The zero-order valence-electron chi connectivity index (χ0n) is 22.8. The Morgan fingerprint density at radius 2 is 2.11 bits per heavy atom. The Morgan fingerprint density at radius 3 is 2.82 bits per heavy atom. The van der Waals surface area contributed by atoms with Gasteiger partial charge in [-0.25, -0.2) is 4.52 Å². The number of pyridine rings is 1. The number of rotatable bonds is 8. The molecule has 0 N–H and O–H groups in total. The van der Waals surface area contributed by atoms with Gasteiger partial charge in [0.25, 0.3) is 0 Å².